The third-order valence-corrected chi connectivity index (χ3v) is 7.76. The fraction of sp³-hybridized carbons (Fsp3) is 0.333. The number of fused-ring (bicyclic) bond motifs is 1. The van der Waals surface area contributed by atoms with Crippen molar-refractivity contribution in [1.82, 2.24) is 18.8 Å². The summed E-state index contributed by atoms with van der Waals surface area (Å²) in [5.41, 5.74) is -1.39. The third kappa shape index (κ3) is 4.42. The van der Waals surface area contributed by atoms with Crippen LogP contribution in [0.25, 0.3) is 21.0 Å². The zero-order valence-electron chi connectivity index (χ0n) is 20.5. The van der Waals surface area contributed by atoms with Gasteiger partial charge in [0, 0.05) is 12.8 Å². The monoisotopic (exact) mass is 530 g/mol. The first-order chi connectivity index (χ1) is 17.1. The van der Waals surface area contributed by atoms with Crippen molar-refractivity contribution in [2.75, 3.05) is 13.4 Å². The molecule has 0 saturated heterocycles. The Hall–Kier alpha value is -3.51. The van der Waals surface area contributed by atoms with Crippen LogP contribution < -0.4 is 20.7 Å². The van der Waals surface area contributed by atoms with E-state index in [2.05, 4.69) is 9.71 Å². The lowest BCUT2D eigenvalue weighted by Crippen LogP contribution is -2.55. The Morgan fingerprint density at radius 3 is 2.64 bits per heavy atom. The number of nitrogens with one attached hydrogen (secondary N) is 1. The first-order valence-corrected chi connectivity index (χ1v) is 13.4. The van der Waals surface area contributed by atoms with Crippen LogP contribution in [0.1, 0.15) is 25.0 Å². The molecule has 12 heteroatoms. The highest BCUT2D eigenvalue weighted by atomic mass is 32.2. The van der Waals surface area contributed by atoms with Crippen molar-refractivity contribution < 1.29 is 18.2 Å². The molecule has 3 heterocycles. The quantitative estimate of drug-likeness (QED) is 0.371. The Bertz CT molecular complexity index is 1580. The molecule has 0 spiro atoms. The van der Waals surface area contributed by atoms with Crippen LogP contribution >= 0.6 is 11.3 Å². The van der Waals surface area contributed by atoms with Crippen LogP contribution in [0.4, 0.5) is 0 Å². The van der Waals surface area contributed by atoms with Crippen LogP contribution in [0.3, 0.4) is 0 Å². The Balaban J connectivity index is 1.97. The Kier molecular flexibility index (Phi) is 7.01. The minimum absolute atomic E-state index is 0.221. The number of para-hydroxylation sites is 1. The van der Waals surface area contributed by atoms with Crippen LogP contribution in [0.15, 0.2) is 50.7 Å². The van der Waals surface area contributed by atoms with Crippen LogP contribution in [0, 0.1) is 6.92 Å². The number of nitrogens with zero attached hydrogens (tertiary/aromatic N) is 3. The lowest BCUT2D eigenvalue weighted by atomic mass is 10.0. The highest BCUT2D eigenvalue weighted by Crippen LogP contribution is 2.36. The van der Waals surface area contributed by atoms with E-state index in [-0.39, 0.29) is 6.54 Å². The second-order valence-electron chi connectivity index (χ2n) is 8.65. The lowest BCUT2D eigenvalue weighted by Gasteiger charge is -2.26. The van der Waals surface area contributed by atoms with Crippen LogP contribution in [-0.4, -0.2) is 37.6 Å². The van der Waals surface area contributed by atoms with E-state index in [4.69, 9.17) is 9.15 Å². The number of hydrogen-bond donors (Lipinski definition) is 1. The molecule has 10 nitrogen and oxygen atoms in total. The average Bonchev–Trinajstić information content (AvgIpc) is 3.46. The predicted molar refractivity (Wildman–Crippen MR) is 139 cm³/mol. The van der Waals surface area contributed by atoms with Gasteiger partial charge < -0.3 is 9.15 Å². The standard InChI is InChI=1S/C24H26N4O6S2/c1-14-17-20(29)28(24(2,3)22(30)26-36(5)32)23(31)27(12-10-15-8-6-7-9-16(15)33-4)21(17)35-18(14)19-25-11-13-34-19/h6-9,11,13H,10,12H2,1-5H3,(H,26,30). The van der Waals surface area contributed by atoms with E-state index >= 15 is 0 Å². The smallest absolute Gasteiger partial charge is 0.333 e. The number of amides is 1. The number of rotatable bonds is 8. The molecular weight excluding hydrogens is 504 g/mol. The molecule has 0 radical (unpaired) electrons. The van der Waals surface area contributed by atoms with Gasteiger partial charge in [-0.15, -0.1) is 11.3 Å². The number of thiophene rings is 1. The number of ether oxygens (including phenoxy) is 1. The molecule has 0 bridgehead atoms. The van der Waals surface area contributed by atoms with Crippen molar-refractivity contribution in [1.29, 1.82) is 0 Å². The summed E-state index contributed by atoms with van der Waals surface area (Å²) in [6.45, 7) is 4.88. The van der Waals surface area contributed by atoms with E-state index in [0.717, 1.165) is 10.1 Å². The summed E-state index contributed by atoms with van der Waals surface area (Å²) in [4.78, 5) is 45.8. The molecule has 4 aromatic rings. The molecule has 1 aromatic carbocycles. The average molecular weight is 531 g/mol. The molecule has 0 aliphatic heterocycles. The van der Waals surface area contributed by atoms with E-state index in [9.17, 15) is 18.6 Å². The molecule has 3 aromatic heterocycles. The van der Waals surface area contributed by atoms with Crippen molar-refractivity contribution in [3.05, 3.63) is 68.7 Å². The number of carbonyl (C=O) groups is 1. The summed E-state index contributed by atoms with van der Waals surface area (Å²) in [6, 6.07) is 7.48. The highest BCUT2D eigenvalue weighted by Gasteiger charge is 2.36. The van der Waals surface area contributed by atoms with Gasteiger partial charge in [-0.05, 0) is 44.4 Å². The zero-order valence-corrected chi connectivity index (χ0v) is 22.1. The third-order valence-electron chi connectivity index (χ3n) is 5.99. The van der Waals surface area contributed by atoms with Crippen LogP contribution in [0.5, 0.6) is 5.75 Å². The molecular formula is C24H26N4O6S2. The number of methoxy groups -OCH3 is 1. The first kappa shape index (κ1) is 25.6. The van der Waals surface area contributed by atoms with Crippen LogP contribution in [0.2, 0.25) is 0 Å². The topological polar surface area (TPSA) is 125 Å². The largest absolute Gasteiger partial charge is 0.496 e. The lowest BCUT2D eigenvalue weighted by molar-refractivity contribution is -0.126. The van der Waals surface area contributed by atoms with E-state index < -0.39 is 33.7 Å². The van der Waals surface area contributed by atoms with E-state index in [1.165, 1.54) is 48.5 Å². The molecule has 0 aliphatic rings. The first-order valence-electron chi connectivity index (χ1n) is 11.0. The van der Waals surface area contributed by atoms with Gasteiger partial charge in [-0.25, -0.2) is 18.6 Å². The predicted octanol–water partition coefficient (Wildman–Crippen LogP) is 2.58. The van der Waals surface area contributed by atoms with Crippen molar-refractivity contribution in [3.63, 3.8) is 0 Å². The van der Waals surface area contributed by atoms with Gasteiger partial charge in [0.1, 0.15) is 33.4 Å². The molecule has 36 heavy (non-hydrogen) atoms. The van der Waals surface area contributed by atoms with Crippen molar-refractivity contribution in [2.45, 2.75) is 39.3 Å². The summed E-state index contributed by atoms with van der Waals surface area (Å²) < 4.78 is 27.3. The Morgan fingerprint density at radius 1 is 1.28 bits per heavy atom. The highest BCUT2D eigenvalue weighted by molar-refractivity contribution is 7.82. The van der Waals surface area contributed by atoms with Gasteiger partial charge in [0.05, 0.1) is 23.6 Å². The summed E-state index contributed by atoms with van der Waals surface area (Å²) in [7, 11) is -0.0937. The van der Waals surface area contributed by atoms with E-state index in [1.54, 1.807) is 14.0 Å². The van der Waals surface area contributed by atoms with E-state index in [0.29, 0.717) is 38.7 Å². The van der Waals surface area contributed by atoms with Gasteiger partial charge in [0.15, 0.2) is 0 Å². The maximum Gasteiger partial charge on any atom is 0.333 e. The Labute approximate surface area is 213 Å². The second kappa shape index (κ2) is 9.86. The number of benzene rings is 1. The summed E-state index contributed by atoms with van der Waals surface area (Å²) in [6.07, 6.45) is 4.68. The van der Waals surface area contributed by atoms with Crippen LogP contribution in [-0.2, 0) is 34.3 Å². The molecule has 4 rings (SSSR count). The minimum Gasteiger partial charge on any atom is -0.496 e. The molecule has 190 valence electrons. The molecule has 1 unspecified atom stereocenters. The second-order valence-corrected chi connectivity index (χ2v) is 10.8. The number of oxazole rings is 1. The van der Waals surface area contributed by atoms with Crippen molar-refractivity contribution in [3.8, 4) is 16.5 Å². The van der Waals surface area contributed by atoms with Gasteiger partial charge in [0.2, 0.25) is 5.89 Å². The fourth-order valence-corrected chi connectivity index (χ4v) is 5.84. The molecule has 0 aliphatic carbocycles. The molecule has 1 amide bonds. The van der Waals surface area contributed by atoms with Gasteiger partial charge in [-0.1, -0.05) is 18.2 Å². The SMILES string of the molecule is COc1ccccc1CCn1c(=O)n(C(C)(C)C(=O)NS(C)=O)c(=O)c2c(C)c(-c3ncco3)sc21. The van der Waals surface area contributed by atoms with Gasteiger partial charge in [-0.3, -0.25) is 18.9 Å². The van der Waals surface area contributed by atoms with Crippen molar-refractivity contribution in [2.24, 2.45) is 0 Å². The summed E-state index contributed by atoms with van der Waals surface area (Å²) >= 11 is 1.23. The molecule has 0 saturated carbocycles. The number of aromatic nitrogens is 3. The normalized spacial score (nSPS) is 12.6. The fourth-order valence-electron chi connectivity index (χ4n) is 4.07. The van der Waals surface area contributed by atoms with Crippen molar-refractivity contribution >= 4 is 38.4 Å². The minimum atomic E-state index is -1.67. The Morgan fingerprint density at radius 2 is 2.00 bits per heavy atom. The summed E-state index contributed by atoms with van der Waals surface area (Å²) in [5.74, 6) is 0.309. The maximum absolute atomic E-state index is 13.8. The van der Waals surface area contributed by atoms with Gasteiger partial charge in [0.25, 0.3) is 11.5 Å². The number of hydrogen-bond acceptors (Lipinski definition) is 8. The van der Waals surface area contributed by atoms with Gasteiger partial charge >= 0.3 is 5.69 Å². The summed E-state index contributed by atoms with van der Waals surface area (Å²) in [5, 5.41) is 0.298. The molecule has 1 N–H and O–H groups in total. The number of carbonyl (C=O) groups excluding carboxylic acids is 1. The number of aryl methyl sites for hydroxylation is 3. The zero-order chi connectivity index (χ0) is 26.2. The maximum atomic E-state index is 13.8. The molecule has 0 fully saturated rings. The van der Waals surface area contributed by atoms with Gasteiger partial charge in [-0.2, -0.15) is 0 Å². The van der Waals surface area contributed by atoms with E-state index in [1.807, 2.05) is 24.3 Å². The molecule has 1 atom stereocenters.